The molecule has 0 spiro atoms. The van der Waals surface area contributed by atoms with E-state index < -0.39 is 15.4 Å². The Hall–Kier alpha value is -2.00. The second-order valence-corrected chi connectivity index (χ2v) is 7.03. The van der Waals surface area contributed by atoms with E-state index in [1.54, 1.807) is 12.1 Å². The number of hydrogen-bond acceptors (Lipinski definition) is 7. The van der Waals surface area contributed by atoms with E-state index in [0.29, 0.717) is 4.90 Å². The van der Waals surface area contributed by atoms with Crippen LogP contribution < -0.4 is 17.0 Å². The van der Waals surface area contributed by atoms with Gasteiger partial charge in [-0.1, -0.05) is 6.07 Å². The van der Waals surface area contributed by atoms with Crippen LogP contribution in [0.15, 0.2) is 44.0 Å². The molecule has 9 heteroatoms. The van der Waals surface area contributed by atoms with Gasteiger partial charge in [0.1, 0.15) is 5.82 Å². The number of hydrogen-bond donors (Lipinski definition) is 3. The van der Waals surface area contributed by atoms with Crippen LogP contribution in [0.4, 0.5) is 11.5 Å². The second-order valence-electron chi connectivity index (χ2n) is 4.02. The molecule has 1 aromatic carbocycles. The molecule has 5 N–H and O–H groups in total. The molecular formula is C11H12N4O3S2. The molecule has 2 rings (SSSR count). The van der Waals surface area contributed by atoms with Gasteiger partial charge in [0.15, 0.2) is 15.0 Å². The zero-order valence-corrected chi connectivity index (χ0v) is 12.1. The number of para-hydroxylation sites is 1. The minimum Gasteiger partial charge on any atom is -0.397 e. The van der Waals surface area contributed by atoms with Gasteiger partial charge in [-0.2, -0.15) is 0 Å². The van der Waals surface area contributed by atoms with Crippen LogP contribution >= 0.6 is 11.8 Å². The van der Waals surface area contributed by atoms with Crippen LogP contribution in [-0.2, 0) is 9.84 Å². The number of nitrogens with zero attached hydrogens (tertiary/aromatic N) is 1. The molecule has 0 aliphatic heterocycles. The minimum absolute atomic E-state index is 0.0359. The van der Waals surface area contributed by atoms with Gasteiger partial charge in [0.25, 0.3) is 5.56 Å². The van der Waals surface area contributed by atoms with Crippen LogP contribution in [0.5, 0.6) is 0 Å². The molecule has 0 unspecified atom stereocenters. The number of H-pyrrole nitrogens is 1. The maximum atomic E-state index is 11.6. The maximum Gasteiger partial charge on any atom is 0.253 e. The fourth-order valence-electron chi connectivity index (χ4n) is 1.54. The van der Waals surface area contributed by atoms with Crippen LogP contribution in [0.25, 0.3) is 0 Å². The van der Waals surface area contributed by atoms with Gasteiger partial charge in [0.05, 0.1) is 10.6 Å². The Morgan fingerprint density at radius 3 is 2.60 bits per heavy atom. The van der Waals surface area contributed by atoms with Crippen molar-refractivity contribution in [1.29, 1.82) is 0 Å². The fraction of sp³-hybridized carbons (Fsp3) is 0.0909. The van der Waals surface area contributed by atoms with E-state index >= 15 is 0 Å². The van der Waals surface area contributed by atoms with Gasteiger partial charge in [-0.3, -0.25) is 4.79 Å². The van der Waals surface area contributed by atoms with Crippen molar-refractivity contribution in [3.05, 3.63) is 34.6 Å². The summed E-state index contributed by atoms with van der Waals surface area (Å²) in [5.74, 6) is 0.0779. The monoisotopic (exact) mass is 312 g/mol. The van der Waals surface area contributed by atoms with Gasteiger partial charge in [-0.05, 0) is 23.9 Å². The third-order valence-corrected chi connectivity index (χ3v) is 4.49. The lowest BCUT2D eigenvalue weighted by Gasteiger charge is -2.08. The number of nitrogens with two attached hydrogens (primary N) is 2. The Morgan fingerprint density at radius 2 is 2.00 bits per heavy atom. The molecular weight excluding hydrogens is 300 g/mol. The number of anilines is 2. The van der Waals surface area contributed by atoms with Crippen molar-refractivity contribution in [3.63, 3.8) is 0 Å². The molecule has 0 amide bonds. The topological polar surface area (TPSA) is 132 Å². The molecule has 1 aromatic heterocycles. The lowest BCUT2D eigenvalue weighted by atomic mass is 10.3. The molecule has 0 saturated heterocycles. The van der Waals surface area contributed by atoms with Crippen molar-refractivity contribution < 1.29 is 8.42 Å². The normalized spacial score (nSPS) is 11.4. The van der Waals surface area contributed by atoms with Crippen molar-refractivity contribution >= 4 is 33.1 Å². The third-order valence-electron chi connectivity index (χ3n) is 2.37. The lowest BCUT2D eigenvalue weighted by molar-refractivity contribution is 0.602. The fourth-order valence-corrected chi connectivity index (χ4v) is 3.32. The molecule has 0 saturated carbocycles. The van der Waals surface area contributed by atoms with E-state index in [0.717, 1.165) is 24.1 Å². The van der Waals surface area contributed by atoms with Gasteiger partial charge < -0.3 is 16.5 Å². The average Bonchev–Trinajstić information content (AvgIpc) is 2.29. The van der Waals surface area contributed by atoms with Crippen molar-refractivity contribution in [2.45, 2.75) is 14.9 Å². The van der Waals surface area contributed by atoms with Gasteiger partial charge in [0.2, 0.25) is 0 Å². The third kappa shape index (κ3) is 3.11. The van der Waals surface area contributed by atoms with Gasteiger partial charge in [-0.25, -0.2) is 13.4 Å². The molecule has 7 nitrogen and oxygen atoms in total. The van der Waals surface area contributed by atoms with Gasteiger partial charge in [0, 0.05) is 17.2 Å². The zero-order valence-electron chi connectivity index (χ0n) is 10.5. The average molecular weight is 312 g/mol. The quantitative estimate of drug-likeness (QED) is 0.555. The standard InChI is InChI=1S/C11H12N4O3S2/c1-20(17,18)7-4-2-3-6(10(7)13)19-11-14-8(12)5-9(16)15-11/h2-5H,13H2,1H3,(H3,12,14,15,16). The maximum absolute atomic E-state index is 11.6. The lowest BCUT2D eigenvalue weighted by Crippen LogP contribution is -2.09. The number of aromatic nitrogens is 2. The van der Waals surface area contributed by atoms with Crippen LogP contribution in [0.3, 0.4) is 0 Å². The first kappa shape index (κ1) is 14.4. The van der Waals surface area contributed by atoms with Crippen LogP contribution in [0.2, 0.25) is 0 Å². The van der Waals surface area contributed by atoms with E-state index in [1.165, 1.54) is 6.07 Å². The Bertz CT molecular complexity index is 815. The SMILES string of the molecule is CS(=O)(=O)c1cccc(Sc2nc(N)cc(=O)[nH]2)c1N. The van der Waals surface area contributed by atoms with Crippen molar-refractivity contribution in [2.24, 2.45) is 0 Å². The zero-order chi connectivity index (χ0) is 14.9. The summed E-state index contributed by atoms with van der Waals surface area (Å²) >= 11 is 1.04. The van der Waals surface area contributed by atoms with E-state index in [4.69, 9.17) is 11.5 Å². The first-order chi connectivity index (χ1) is 9.27. The van der Waals surface area contributed by atoms with Crippen molar-refractivity contribution in [3.8, 4) is 0 Å². The highest BCUT2D eigenvalue weighted by atomic mass is 32.2. The summed E-state index contributed by atoms with van der Waals surface area (Å²) in [7, 11) is -3.42. The number of nitrogens with one attached hydrogen (secondary N) is 1. The predicted octanol–water partition coefficient (Wildman–Crippen LogP) is 0.489. The summed E-state index contributed by atoms with van der Waals surface area (Å²) < 4.78 is 23.2. The van der Waals surface area contributed by atoms with E-state index in [-0.39, 0.29) is 21.6 Å². The number of nitrogen functional groups attached to an aromatic ring is 2. The van der Waals surface area contributed by atoms with E-state index in [9.17, 15) is 13.2 Å². The molecule has 0 radical (unpaired) electrons. The Labute approximate surface area is 119 Å². The molecule has 0 aliphatic carbocycles. The van der Waals surface area contributed by atoms with Crippen LogP contribution in [0, 0.1) is 0 Å². The van der Waals surface area contributed by atoms with Gasteiger partial charge >= 0.3 is 0 Å². The van der Waals surface area contributed by atoms with E-state index in [2.05, 4.69) is 9.97 Å². The highest BCUT2D eigenvalue weighted by Gasteiger charge is 2.15. The largest absolute Gasteiger partial charge is 0.397 e. The summed E-state index contributed by atoms with van der Waals surface area (Å²) in [6.07, 6.45) is 1.08. The summed E-state index contributed by atoms with van der Waals surface area (Å²) in [4.78, 5) is 18.2. The number of sulfone groups is 1. The number of aromatic amines is 1. The predicted molar refractivity (Wildman–Crippen MR) is 77.4 cm³/mol. The summed E-state index contributed by atoms with van der Waals surface area (Å²) in [5, 5.41) is 0.243. The molecule has 0 fully saturated rings. The molecule has 0 aliphatic rings. The minimum atomic E-state index is -3.42. The molecule has 106 valence electrons. The smallest absolute Gasteiger partial charge is 0.253 e. The first-order valence-electron chi connectivity index (χ1n) is 5.40. The summed E-state index contributed by atoms with van der Waals surface area (Å²) in [6, 6.07) is 5.78. The molecule has 0 atom stereocenters. The van der Waals surface area contributed by atoms with Crippen molar-refractivity contribution in [2.75, 3.05) is 17.7 Å². The second kappa shape index (κ2) is 5.17. The first-order valence-corrected chi connectivity index (χ1v) is 8.11. The van der Waals surface area contributed by atoms with Gasteiger partial charge in [-0.15, -0.1) is 0 Å². The van der Waals surface area contributed by atoms with Crippen molar-refractivity contribution in [1.82, 2.24) is 9.97 Å². The molecule has 20 heavy (non-hydrogen) atoms. The molecule has 1 heterocycles. The molecule has 0 bridgehead atoms. The Kier molecular flexibility index (Phi) is 3.73. The summed E-state index contributed by atoms with van der Waals surface area (Å²) in [6.45, 7) is 0. The molecule has 2 aromatic rings. The Morgan fingerprint density at radius 1 is 1.30 bits per heavy atom. The highest BCUT2D eigenvalue weighted by molar-refractivity contribution is 7.99. The van der Waals surface area contributed by atoms with E-state index in [1.807, 2.05) is 0 Å². The van der Waals surface area contributed by atoms with Crippen LogP contribution in [-0.4, -0.2) is 24.6 Å². The Balaban J connectivity index is 2.47. The number of rotatable bonds is 3. The number of benzene rings is 1. The highest BCUT2D eigenvalue weighted by Crippen LogP contribution is 2.33. The summed E-state index contributed by atoms with van der Waals surface area (Å²) in [5.41, 5.74) is 11.0. The van der Waals surface area contributed by atoms with Crippen LogP contribution in [0.1, 0.15) is 0 Å².